The largest absolute Gasteiger partial charge is 0.298 e. The first-order valence-corrected chi connectivity index (χ1v) is 12.6. The minimum Gasteiger partial charge on any atom is -0.298 e. The van der Waals surface area contributed by atoms with Gasteiger partial charge in [0.25, 0.3) is 15.9 Å². The van der Waals surface area contributed by atoms with Crippen LogP contribution >= 0.6 is 11.3 Å². The highest BCUT2D eigenvalue weighted by Gasteiger charge is 2.15. The molecular formula is C25H23N3O3S2. The summed E-state index contributed by atoms with van der Waals surface area (Å²) in [5, 5.41) is 5.23. The Labute approximate surface area is 197 Å². The molecule has 0 aliphatic carbocycles. The van der Waals surface area contributed by atoms with Crippen LogP contribution in [0.3, 0.4) is 0 Å². The van der Waals surface area contributed by atoms with E-state index >= 15 is 0 Å². The zero-order valence-corrected chi connectivity index (χ0v) is 20.0. The summed E-state index contributed by atoms with van der Waals surface area (Å²) in [6, 6.07) is 19.0. The second-order valence-corrected chi connectivity index (χ2v) is 10.3. The molecule has 33 heavy (non-hydrogen) atoms. The quantitative estimate of drug-likeness (QED) is 0.368. The van der Waals surface area contributed by atoms with E-state index in [4.69, 9.17) is 0 Å². The third-order valence-corrected chi connectivity index (χ3v) is 7.28. The van der Waals surface area contributed by atoms with Crippen molar-refractivity contribution in [2.24, 2.45) is 0 Å². The number of carbonyl (C=O) groups is 1. The van der Waals surface area contributed by atoms with E-state index < -0.39 is 10.0 Å². The van der Waals surface area contributed by atoms with Gasteiger partial charge in [0.05, 0.1) is 10.6 Å². The number of hydrogen-bond donors (Lipinski definition) is 2. The number of benzene rings is 3. The van der Waals surface area contributed by atoms with Gasteiger partial charge in [-0.1, -0.05) is 35.4 Å². The van der Waals surface area contributed by atoms with Crippen molar-refractivity contribution in [3.05, 3.63) is 94.4 Å². The number of carbonyl (C=O) groups excluding carboxylic acids is 1. The summed E-state index contributed by atoms with van der Waals surface area (Å²) in [4.78, 5) is 17.4. The summed E-state index contributed by atoms with van der Waals surface area (Å²) in [7, 11) is -3.70. The van der Waals surface area contributed by atoms with Crippen molar-refractivity contribution in [2.45, 2.75) is 25.7 Å². The number of rotatable bonds is 6. The molecule has 8 heteroatoms. The highest BCUT2D eigenvalue weighted by molar-refractivity contribution is 7.92. The topological polar surface area (TPSA) is 88.2 Å². The first kappa shape index (κ1) is 22.7. The molecule has 0 aliphatic heterocycles. The van der Waals surface area contributed by atoms with Crippen LogP contribution < -0.4 is 10.0 Å². The van der Waals surface area contributed by atoms with Gasteiger partial charge in [0, 0.05) is 22.2 Å². The molecule has 3 aromatic carbocycles. The number of anilines is 2. The summed E-state index contributed by atoms with van der Waals surface area (Å²) >= 11 is 1.36. The van der Waals surface area contributed by atoms with Crippen molar-refractivity contribution in [1.29, 1.82) is 0 Å². The second kappa shape index (κ2) is 9.17. The molecule has 1 amide bonds. The molecule has 0 spiro atoms. The van der Waals surface area contributed by atoms with Crippen LogP contribution in [0.1, 0.15) is 27.0 Å². The van der Waals surface area contributed by atoms with Gasteiger partial charge in [-0.15, -0.1) is 11.3 Å². The molecule has 0 unspecified atom stereocenters. The van der Waals surface area contributed by atoms with E-state index in [0.29, 0.717) is 16.4 Å². The van der Waals surface area contributed by atoms with Crippen molar-refractivity contribution >= 4 is 38.1 Å². The molecule has 0 bridgehead atoms. The van der Waals surface area contributed by atoms with Gasteiger partial charge in [-0.3, -0.25) is 14.8 Å². The first-order valence-electron chi connectivity index (χ1n) is 10.3. The van der Waals surface area contributed by atoms with Crippen molar-refractivity contribution in [3.63, 3.8) is 0 Å². The molecule has 168 valence electrons. The highest BCUT2D eigenvalue weighted by Crippen LogP contribution is 2.28. The highest BCUT2D eigenvalue weighted by atomic mass is 32.2. The maximum atomic E-state index is 12.6. The molecule has 0 radical (unpaired) electrons. The van der Waals surface area contributed by atoms with Crippen LogP contribution in [0, 0.1) is 20.8 Å². The van der Waals surface area contributed by atoms with E-state index in [1.807, 2.05) is 26.2 Å². The van der Waals surface area contributed by atoms with Crippen molar-refractivity contribution in [1.82, 2.24) is 4.98 Å². The number of nitrogens with one attached hydrogen (secondary N) is 2. The van der Waals surface area contributed by atoms with Gasteiger partial charge in [0.15, 0.2) is 5.13 Å². The molecule has 0 saturated carbocycles. The Hall–Kier alpha value is -3.49. The fraction of sp³-hybridized carbons (Fsp3) is 0.120. The van der Waals surface area contributed by atoms with Gasteiger partial charge in [-0.2, -0.15) is 0 Å². The SMILES string of the molecule is Cc1ccc(S(=O)(=O)Nc2ccc(C(=O)Nc3nc(-c4cc(C)ccc4C)cs3)cc2)cc1. The third-order valence-electron chi connectivity index (χ3n) is 5.12. The Morgan fingerprint density at radius 1 is 0.879 bits per heavy atom. The van der Waals surface area contributed by atoms with Crippen LogP contribution in [0.15, 0.2) is 77.0 Å². The fourth-order valence-electron chi connectivity index (χ4n) is 3.26. The second-order valence-electron chi connectivity index (χ2n) is 7.81. The zero-order chi connectivity index (χ0) is 23.6. The van der Waals surface area contributed by atoms with Gasteiger partial charge in [-0.25, -0.2) is 13.4 Å². The lowest BCUT2D eigenvalue weighted by Gasteiger charge is -2.09. The molecule has 0 fully saturated rings. The van der Waals surface area contributed by atoms with E-state index in [-0.39, 0.29) is 10.8 Å². The van der Waals surface area contributed by atoms with Crippen LogP contribution in [0.25, 0.3) is 11.3 Å². The molecule has 6 nitrogen and oxygen atoms in total. The van der Waals surface area contributed by atoms with Crippen LogP contribution in [0.5, 0.6) is 0 Å². The van der Waals surface area contributed by atoms with Crippen molar-refractivity contribution in [2.75, 3.05) is 10.0 Å². The predicted octanol–water partition coefficient (Wildman–Crippen LogP) is 5.79. The van der Waals surface area contributed by atoms with E-state index in [9.17, 15) is 13.2 Å². The number of aromatic nitrogens is 1. The summed E-state index contributed by atoms with van der Waals surface area (Å²) < 4.78 is 27.6. The number of nitrogens with zero attached hydrogens (tertiary/aromatic N) is 1. The molecule has 4 aromatic rings. The average molecular weight is 478 g/mol. The Balaban J connectivity index is 1.44. The van der Waals surface area contributed by atoms with E-state index in [0.717, 1.165) is 27.9 Å². The Morgan fingerprint density at radius 2 is 1.55 bits per heavy atom. The van der Waals surface area contributed by atoms with E-state index in [2.05, 4.69) is 33.2 Å². The molecule has 0 saturated heterocycles. The lowest BCUT2D eigenvalue weighted by molar-refractivity contribution is 0.102. The summed E-state index contributed by atoms with van der Waals surface area (Å²) in [5.74, 6) is -0.315. The molecule has 2 N–H and O–H groups in total. The monoisotopic (exact) mass is 477 g/mol. The van der Waals surface area contributed by atoms with E-state index in [1.165, 1.54) is 11.3 Å². The van der Waals surface area contributed by atoms with Crippen molar-refractivity contribution < 1.29 is 13.2 Å². The number of sulfonamides is 1. The Kier molecular flexibility index (Phi) is 6.31. The van der Waals surface area contributed by atoms with Gasteiger partial charge in [0.2, 0.25) is 0 Å². The van der Waals surface area contributed by atoms with Gasteiger partial charge < -0.3 is 0 Å². The Bertz CT molecular complexity index is 1410. The standard InChI is InChI=1S/C25H23N3O3S2/c1-16-5-12-21(13-6-16)33(30,31)28-20-10-8-19(9-11-20)24(29)27-25-26-23(15-32-25)22-14-17(2)4-7-18(22)3/h4-15,28H,1-3H3,(H,26,27,29). The summed E-state index contributed by atoms with van der Waals surface area (Å²) in [6.45, 7) is 5.95. The van der Waals surface area contributed by atoms with Crippen LogP contribution in [0.2, 0.25) is 0 Å². The lowest BCUT2D eigenvalue weighted by atomic mass is 10.0. The van der Waals surface area contributed by atoms with E-state index in [1.54, 1.807) is 48.5 Å². The predicted molar refractivity (Wildman–Crippen MR) is 133 cm³/mol. The molecule has 0 atom stereocenters. The molecule has 1 aromatic heterocycles. The van der Waals surface area contributed by atoms with Gasteiger partial charge in [0.1, 0.15) is 0 Å². The minimum absolute atomic E-state index is 0.179. The number of amides is 1. The fourth-order valence-corrected chi connectivity index (χ4v) is 5.02. The van der Waals surface area contributed by atoms with Crippen LogP contribution in [-0.4, -0.2) is 19.3 Å². The molecule has 0 aliphatic rings. The van der Waals surface area contributed by atoms with Gasteiger partial charge in [-0.05, 0) is 68.8 Å². The summed E-state index contributed by atoms with van der Waals surface area (Å²) in [5.41, 5.74) is 5.87. The molecule has 1 heterocycles. The number of aryl methyl sites for hydroxylation is 3. The third kappa shape index (κ3) is 5.30. The number of hydrogen-bond acceptors (Lipinski definition) is 5. The zero-order valence-electron chi connectivity index (χ0n) is 18.4. The lowest BCUT2D eigenvalue weighted by Crippen LogP contribution is -2.14. The maximum absolute atomic E-state index is 12.6. The van der Waals surface area contributed by atoms with Gasteiger partial charge >= 0.3 is 0 Å². The normalized spacial score (nSPS) is 11.2. The minimum atomic E-state index is -3.70. The smallest absolute Gasteiger partial charge is 0.261 e. The Morgan fingerprint density at radius 3 is 2.24 bits per heavy atom. The maximum Gasteiger partial charge on any atom is 0.261 e. The number of thiazole rings is 1. The van der Waals surface area contributed by atoms with Crippen LogP contribution in [0.4, 0.5) is 10.8 Å². The molecule has 4 rings (SSSR count). The van der Waals surface area contributed by atoms with Crippen molar-refractivity contribution in [3.8, 4) is 11.3 Å². The molecular weight excluding hydrogens is 454 g/mol. The summed E-state index contributed by atoms with van der Waals surface area (Å²) in [6.07, 6.45) is 0. The average Bonchev–Trinajstić information content (AvgIpc) is 3.24. The van der Waals surface area contributed by atoms with Crippen LogP contribution in [-0.2, 0) is 10.0 Å². The first-order chi connectivity index (χ1) is 15.7.